The zero-order valence-corrected chi connectivity index (χ0v) is 14.6. The highest BCUT2D eigenvalue weighted by Crippen LogP contribution is 2.28. The lowest BCUT2D eigenvalue weighted by molar-refractivity contribution is -0.118. The molecule has 0 bridgehead atoms. The number of thiazole rings is 1. The first-order chi connectivity index (χ1) is 11.5. The van der Waals surface area contributed by atoms with Crippen molar-refractivity contribution in [1.29, 1.82) is 0 Å². The molecule has 2 aromatic carbocycles. The molecule has 0 fully saturated rings. The van der Waals surface area contributed by atoms with Crippen LogP contribution in [-0.4, -0.2) is 24.6 Å². The van der Waals surface area contributed by atoms with E-state index in [1.54, 1.807) is 24.5 Å². The molecule has 6 heteroatoms. The van der Waals surface area contributed by atoms with E-state index in [0.717, 1.165) is 26.5 Å². The van der Waals surface area contributed by atoms with Gasteiger partial charge >= 0.3 is 0 Å². The molecule has 3 aromatic rings. The van der Waals surface area contributed by atoms with Gasteiger partial charge in [0, 0.05) is 5.69 Å². The number of nitrogens with one attached hydrogen (secondary N) is 1. The van der Waals surface area contributed by atoms with Gasteiger partial charge in [0.25, 0.3) is 5.91 Å². The highest BCUT2D eigenvalue weighted by Gasteiger charge is 2.09. The zero-order valence-electron chi connectivity index (χ0n) is 13.8. The number of hydrogen-bond acceptors (Lipinski definition) is 5. The second-order valence-electron chi connectivity index (χ2n) is 5.41. The Morgan fingerprint density at radius 1 is 1.17 bits per heavy atom. The lowest BCUT2D eigenvalue weighted by atomic mass is 10.2. The number of aromatic nitrogens is 1. The topological polar surface area (TPSA) is 60.5 Å². The molecule has 0 aliphatic rings. The maximum atomic E-state index is 12.1. The third-order valence-electron chi connectivity index (χ3n) is 3.46. The SMILES string of the molecule is COc1cc(C)ccc1OCC(=O)Nc1ccc2nc(C)sc2c1. The summed E-state index contributed by atoms with van der Waals surface area (Å²) in [6.07, 6.45) is 0. The Labute approximate surface area is 144 Å². The van der Waals surface area contributed by atoms with Crippen molar-refractivity contribution >= 4 is 33.1 Å². The highest BCUT2D eigenvalue weighted by molar-refractivity contribution is 7.18. The first kappa shape index (κ1) is 16.3. The summed E-state index contributed by atoms with van der Waals surface area (Å²) in [6.45, 7) is 3.85. The fourth-order valence-corrected chi connectivity index (χ4v) is 3.22. The van der Waals surface area contributed by atoms with Crippen molar-refractivity contribution < 1.29 is 14.3 Å². The van der Waals surface area contributed by atoms with Gasteiger partial charge in [-0.15, -0.1) is 11.3 Å². The molecule has 1 aromatic heterocycles. The minimum atomic E-state index is -0.224. The van der Waals surface area contributed by atoms with Crippen LogP contribution < -0.4 is 14.8 Å². The van der Waals surface area contributed by atoms with Gasteiger partial charge in [0.1, 0.15) is 0 Å². The summed E-state index contributed by atoms with van der Waals surface area (Å²) < 4.78 is 11.9. The number of carbonyl (C=O) groups is 1. The molecule has 124 valence electrons. The lowest BCUT2D eigenvalue weighted by Gasteiger charge is -2.11. The van der Waals surface area contributed by atoms with Crippen LogP contribution >= 0.6 is 11.3 Å². The van der Waals surface area contributed by atoms with Crippen molar-refractivity contribution in [3.8, 4) is 11.5 Å². The number of ether oxygens (including phenoxy) is 2. The quantitative estimate of drug-likeness (QED) is 0.763. The van der Waals surface area contributed by atoms with E-state index in [4.69, 9.17) is 9.47 Å². The second kappa shape index (κ2) is 6.88. The van der Waals surface area contributed by atoms with E-state index < -0.39 is 0 Å². The van der Waals surface area contributed by atoms with Crippen molar-refractivity contribution in [3.05, 3.63) is 47.0 Å². The average molecular weight is 342 g/mol. The molecule has 3 rings (SSSR count). The van der Waals surface area contributed by atoms with Crippen LogP contribution in [0.5, 0.6) is 11.5 Å². The number of nitrogens with zero attached hydrogens (tertiary/aromatic N) is 1. The summed E-state index contributed by atoms with van der Waals surface area (Å²) in [6, 6.07) is 11.2. The Morgan fingerprint density at radius 3 is 2.79 bits per heavy atom. The van der Waals surface area contributed by atoms with Gasteiger partial charge in [0.15, 0.2) is 18.1 Å². The van der Waals surface area contributed by atoms with E-state index in [-0.39, 0.29) is 12.5 Å². The van der Waals surface area contributed by atoms with Gasteiger partial charge in [-0.1, -0.05) is 6.07 Å². The number of amides is 1. The maximum absolute atomic E-state index is 12.1. The first-order valence-electron chi connectivity index (χ1n) is 7.49. The summed E-state index contributed by atoms with van der Waals surface area (Å²) in [5.41, 5.74) is 2.74. The van der Waals surface area contributed by atoms with Gasteiger partial charge in [0.2, 0.25) is 0 Å². The summed E-state index contributed by atoms with van der Waals surface area (Å²) in [5.74, 6) is 0.939. The maximum Gasteiger partial charge on any atom is 0.262 e. The van der Waals surface area contributed by atoms with E-state index in [9.17, 15) is 4.79 Å². The molecule has 1 heterocycles. The normalized spacial score (nSPS) is 10.6. The molecule has 0 spiro atoms. The summed E-state index contributed by atoms with van der Waals surface area (Å²) in [7, 11) is 1.58. The molecule has 0 saturated carbocycles. The number of benzene rings is 2. The molecule has 0 unspecified atom stereocenters. The molecule has 24 heavy (non-hydrogen) atoms. The Hall–Kier alpha value is -2.60. The number of anilines is 1. The van der Waals surface area contributed by atoms with Gasteiger partial charge in [-0.3, -0.25) is 4.79 Å². The summed E-state index contributed by atoms with van der Waals surface area (Å²) in [5, 5.41) is 3.84. The molecule has 0 atom stereocenters. The average Bonchev–Trinajstić information content (AvgIpc) is 2.92. The number of aryl methyl sites for hydroxylation is 2. The van der Waals surface area contributed by atoms with E-state index in [2.05, 4.69) is 10.3 Å². The Balaban J connectivity index is 1.64. The van der Waals surface area contributed by atoms with Crippen molar-refractivity contribution in [2.45, 2.75) is 13.8 Å². The highest BCUT2D eigenvalue weighted by atomic mass is 32.1. The van der Waals surface area contributed by atoms with E-state index in [0.29, 0.717) is 11.5 Å². The standard InChI is InChI=1S/C18H18N2O3S/c1-11-4-7-15(16(8-11)22-3)23-10-18(21)20-13-5-6-14-17(9-13)24-12(2)19-14/h4-9H,10H2,1-3H3,(H,20,21). The second-order valence-corrected chi connectivity index (χ2v) is 6.64. The minimum absolute atomic E-state index is 0.0842. The minimum Gasteiger partial charge on any atom is -0.493 e. The molecular formula is C18H18N2O3S. The van der Waals surface area contributed by atoms with Crippen LogP contribution in [0, 0.1) is 13.8 Å². The predicted molar refractivity (Wildman–Crippen MR) is 96.2 cm³/mol. The third-order valence-corrected chi connectivity index (χ3v) is 4.39. The fourth-order valence-electron chi connectivity index (χ4n) is 2.35. The van der Waals surface area contributed by atoms with E-state index in [1.165, 1.54) is 0 Å². The molecule has 1 amide bonds. The van der Waals surface area contributed by atoms with E-state index in [1.807, 2.05) is 44.2 Å². The van der Waals surface area contributed by atoms with Crippen molar-refractivity contribution in [2.75, 3.05) is 19.0 Å². The smallest absolute Gasteiger partial charge is 0.262 e. The largest absolute Gasteiger partial charge is 0.493 e. The monoisotopic (exact) mass is 342 g/mol. The van der Waals surface area contributed by atoms with Gasteiger partial charge in [-0.2, -0.15) is 0 Å². The van der Waals surface area contributed by atoms with Gasteiger partial charge in [0.05, 0.1) is 22.3 Å². The van der Waals surface area contributed by atoms with Crippen molar-refractivity contribution in [3.63, 3.8) is 0 Å². The number of fused-ring (bicyclic) bond motifs is 1. The Kier molecular flexibility index (Phi) is 4.66. The van der Waals surface area contributed by atoms with Crippen LogP contribution in [0.4, 0.5) is 5.69 Å². The summed E-state index contributed by atoms with van der Waals surface area (Å²) >= 11 is 1.60. The number of carbonyl (C=O) groups excluding carboxylic acids is 1. The summed E-state index contributed by atoms with van der Waals surface area (Å²) in [4.78, 5) is 16.5. The lowest BCUT2D eigenvalue weighted by Crippen LogP contribution is -2.20. The van der Waals surface area contributed by atoms with Crippen LogP contribution in [0.25, 0.3) is 10.2 Å². The zero-order chi connectivity index (χ0) is 17.1. The molecule has 5 nitrogen and oxygen atoms in total. The van der Waals surface area contributed by atoms with E-state index >= 15 is 0 Å². The predicted octanol–water partition coefficient (Wildman–Crippen LogP) is 3.94. The van der Waals surface area contributed by atoms with Gasteiger partial charge in [-0.05, 0) is 49.7 Å². The molecule has 1 N–H and O–H groups in total. The molecule has 0 aliphatic heterocycles. The third kappa shape index (κ3) is 3.65. The molecular weight excluding hydrogens is 324 g/mol. The van der Waals surface area contributed by atoms with Crippen LogP contribution in [-0.2, 0) is 4.79 Å². The Morgan fingerprint density at radius 2 is 2.00 bits per heavy atom. The fraction of sp³-hybridized carbons (Fsp3) is 0.222. The van der Waals surface area contributed by atoms with Crippen LogP contribution in [0.3, 0.4) is 0 Å². The van der Waals surface area contributed by atoms with Crippen LogP contribution in [0.15, 0.2) is 36.4 Å². The van der Waals surface area contributed by atoms with Gasteiger partial charge in [-0.25, -0.2) is 4.98 Å². The number of hydrogen-bond donors (Lipinski definition) is 1. The van der Waals surface area contributed by atoms with Crippen molar-refractivity contribution in [1.82, 2.24) is 4.98 Å². The van der Waals surface area contributed by atoms with Gasteiger partial charge < -0.3 is 14.8 Å². The van der Waals surface area contributed by atoms with Crippen LogP contribution in [0.2, 0.25) is 0 Å². The number of methoxy groups -OCH3 is 1. The van der Waals surface area contributed by atoms with Crippen molar-refractivity contribution in [2.24, 2.45) is 0 Å². The number of rotatable bonds is 5. The molecule has 0 saturated heterocycles. The van der Waals surface area contributed by atoms with Crippen LogP contribution in [0.1, 0.15) is 10.6 Å². The molecule has 0 radical (unpaired) electrons. The first-order valence-corrected chi connectivity index (χ1v) is 8.31. The Bertz CT molecular complexity index is 889. The molecule has 0 aliphatic carbocycles.